The molecular weight excluding hydrogens is 364 g/mol. The van der Waals surface area contributed by atoms with Gasteiger partial charge in [0.05, 0.1) is 12.3 Å². The summed E-state index contributed by atoms with van der Waals surface area (Å²) in [4.78, 5) is 12.4. The molecule has 1 amide bonds. The molecule has 0 aliphatic heterocycles. The Labute approximate surface area is 162 Å². The van der Waals surface area contributed by atoms with Crippen LogP contribution in [0.15, 0.2) is 54.6 Å². The maximum Gasteiger partial charge on any atom is 0.276 e. The molecule has 0 saturated carbocycles. The van der Waals surface area contributed by atoms with Crippen LogP contribution in [0.5, 0.6) is 5.75 Å². The molecule has 0 fully saturated rings. The first-order chi connectivity index (χ1) is 13.1. The molecule has 7 heteroatoms. The van der Waals surface area contributed by atoms with Crippen molar-refractivity contribution in [2.45, 2.75) is 13.8 Å². The number of aryl methyl sites for hydroxylation is 1. The molecule has 0 aliphatic carbocycles. The van der Waals surface area contributed by atoms with Gasteiger partial charge in [0, 0.05) is 10.7 Å². The lowest BCUT2D eigenvalue weighted by molar-refractivity contribution is 0.102. The van der Waals surface area contributed by atoms with Crippen molar-refractivity contribution in [1.82, 2.24) is 10.2 Å². The largest absolute Gasteiger partial charge is 0.492 e. The highest BCUT2D eigenvalue weighted by atomic mass is 35.5. The topological polar surface area (TPSA) is 76.1 Å². The lowest BCUT2D eigenvalue weighted by Crippen LogP contribution is -2.15. The molecule has 6 nitrogen and oxygen atoms in total. The Bertz CT molecular complexity index is 945. The second kappa shape index (κ2) is 8.51. The SMILES string of the molecule is CCOc1ccccc1Nc1ccc(C(=O)Nc2ccc(Cl)cc2C)nn1. The number of carbonyl (C=O) groups excluding carboxylic acids is 1. The van der Waals surface area contributed by atoms with Gasteiger partial charge in [-0.15, -0.1) is 10.2 Å². The molecule has 0 atom stereocenters. The van der Waals surface area contributed by atoms with E-state index in [2.05, 4.69) is 20.8 Å². The van der Waals surface area contributed by atoms with Crippen LogP contribution in [0.25, 0.3) is 0 Å². The number of nitrogens with one attached hydrogen (secondary N) is 2. The molecule has 0 aliphatic rings. The number of benzene rings is 2. The fourth-order valence-electron chi connectivity index (χ4n) is 2.46. The molecule has 138 valence electrons. The summed E-state index contributed by atoms with van der Waals surface area (Å²) in [5, 5.41) is 14.6. The summed E-state index contributed by atoms with van der Waals surface area (Å²) in [6.07, 6.45) is 0. The Morgan fingerprint density at radius 1 is 1.07 bits per heavy atom. The predicted molar refractivity (Wildman–Crippen MR) is 107 cm³/mol. The third-order valence-corrected chi connectivity index (χ3v) is 4.02. The molecule has 0 spiro atoms. The molecule has 0 unspecified atom stereocenters. The van der Waals surface area contributed by atoms with Crippen molar-refractivity contribution in [2.75, 3.05) is 17.2 Å². The monoisotopic (exact) mass is 382 g/mol. The summed E-state index contributed by atoms with van der Waals surface area (Å²) in [6, 6.07) is 16.1. The van der Waals surface area contributed by atoms with Crippen molar-refractivity contribution < 1.29 is 9.53 Å². The zero-order valence-electron chi connectivity index (χ0n) is 15.0. The minimum absolute atomic E-state index is 0.216. The van der Waals surface area contributed by atoms with E-state index in [-0.39, 0.29) is 11.6 Å². The maximum atomic E-state index is 12.4. The average Bonchev–Trinajstić information content (AvgIpc) is 2.66. The lowest BCUT2D eigenvalue weighted by Gasteiger charge is -2.11. The second-order valence-electron chi connectivity index (χ2n) is 5.77. The molecule has 3 aromatic rings. The van der Waals surface area contributed by atoms with Gasteiger partial charge in [-0.2, -0.15) is 0 Å². The molecule has 2 aromatic carbocycles. The fraction of sp³-hybridized carbons (Fsp3) is 0.150. The summed E-state index contributed by atoms with van der Waals surface area (Å²) in [7, 11) is 0. The summed E-state index contributed by atoms with van der Waals surface area (Å²) in [5.41, 5.74) is 2.55. The van der Waals surface area contributed by atoms with Gasteiger partial charge in [-0.25, -0.2) is 0 Å². The van der Waals surface area contributed by atoms with Gasteiger partial charge in [0.15, 0.2) is 11.5 Å². The normalized spacial score (nSPS) is 10.3. The minimum Gasteiger partial charge on any atom is -0.492 e. The number of ether oxygens (including phenoxy) is 1. The Morgan fingerprint density at radius 2 is 1.89 bits per heavy atom. The highest BCUT2D eigenvalue weighted by Gasteiger charge is 2.11. The lowest BCUT2D eigenvalue weighted by atomic mass is 10.2. The van der Waals surface area contributed by atoms with E-state index in [1.54, 1.807) is 30.3 Å². The third-order valence-electron chi connectivity index (χ3n) is 3.78. The van der Waals surface area contributed by atoms with E-state index in [0.29, 0.717) is 23.1 Å². The van der Waals surface area contributed by atoms with Crippen LogP contribution in [0.3, 0.4) is 0 Å². The molecule has 0 bridgehead atoms. The van der Waals surface area contributed by atoms with Crippen LogP contribution in [0.4, 0.5) is 17.2 Å². The Morgan fingerprint density at radius 3 is 2.59 bits per heavy atom. The summed E-state index contributed by atoms with van der Waals surface area (Å²) in [5.74, 6) is 0.900. The van der Waals surface area contributed by atoms with E-state index in [1.165, 1.54) is 0 Å². The Hall–Kier alpha value is -3.12. The number of amides is 1. The van der Waals surface area contributed by atoms with Crippen molar-refractivity contribution in [3.63, 3.8) is 0 Å². The molecule has 1 heterocycles. The van der Waals surface area contributed by atoms with Gasteiger partial charge in [-0.1, -0.05) is 23.7 Å². The number of rotatable bonds is 6. The minimum atomic E-state index is -0.339. The van der Waals surface area contributed by atoms with E-state index in [9.17, 15) is 4.79 Å². The highest BCUT2D eigenvalue weighted by molar-refractivity contribution is 6.30. The number of anilines is 3. The summed E-state index contributed by atoms with van der Waals surface area (Å²) in [6.45, 7) is 4.36. The number of carbonyl (C=O) groups is 1. The van der Waals surface area contributed by atoms with Gasteiger partial charge in [-0.3, -0.25) is 4.79 Å². The molecule has 0 saturated heterocycles. The number of halogens is 1. The van der Waals surface area contributed by atoms with Crippen LogP contribution in [0.1, 0.15) is 23.0 Å². The van der Waals surface area contributed by atoms with Gasteiger partial charge in [-0.05, 0) is 61.9 Å². The number of hydrogen-bond acceptors (Lipinski definition) is 5. The van der Waals surface area contributed by atoms with Crippen molar-refractivity contribution in [2.24, 2.45) is 0 Å². The van der Waals surface area contributed by atoms with E-state index in [0.717, 1.165) is 17.0 Å². The molecule has 27 heavy (non-hydrogen) atoms. The predicted octanol–water partition coefficient (Wildman–Crippen LogP) is 4.83. The van der Waals surface area contributed by atoms with Crippen LogP contribution in [0, 0.1) is 6.92 Å². The quantitative estimate of drug-likeness (QED) is 0.638. The molecule has 3 rings (SSSR count). The molecule has 1 aromatic heterocycles. The average molecular weight is 383 g/mol. The zero-order chi connectivity index (χ0) is 19.2. The second-order valence-corrected chi connectivity index (χ2v) is 6.21. The number of nitrogens with zero attached hydrogens (tertiary/aromatic N) is 2. The van der Waals surface area contributed by atoms with Gasteiger partial charge in [0.25, 0.3) is 5.91 Å². The standard InChI is InChI=1S/C20H19ClN4O2/c1-3-27-18-7-5-4-6-16(18)22-19-11-10-17(24-25-19)20(26)23-15-9-8-14(21)12-13(15)2/h4-12H,3H2,1-2H3,(H,22,25)(H,23,26). The number of para-hydroxylation sites is 2. The van der Waals surface area contributed by atoms with Gasteiger partial charge in [0.1, 0.15) is 5.75 Å². The summed E-state index contributed by atoms with van der Waals surface area (Å²) < 4.78 is 5.57. The van der Waals surface area contributed by atoms with Crippen molar-refractivity contribution in [3.8, 4) is 5.75 Å². The fourth-order valence-corrected chi connectivity index (χ4v) is 2.69. The highest BCUT2D eigenvalue weighted by Crippen LogP contribution is 2.26. The Kier molecular flexibility index (Phi) is 5.88. The molecule has 2 N–H and O–H groups in total. The van der Waals surface area contributed by atoms with E-state index in [1.807, 2.05) is 38.1 Å². The van der Waals surface area contributed by atoms with Crippen LogP contribution < -0.4 is 15.4 Å². The van der Waals surface area contributed by atoms with Crippen molar-refractivity contribution >= 4 is 34.7 Å². The van der Waals surface area contributed by atoms with Crippen LogP contribution in [-0.2, 0) is 0 Å². The first kappa shape index (κ1) is 18.7. The van der Waals surface area contributed by atoms with Gasteiger partial charge < -0.3 is 15.4 Å². The first-order valence-corrected chi connectivity index (χ1v) is 8.84. The van der Waals surface area contributed by atoms with Gasteiger partial charge in [0.2, 0.25) is 0 Å². The van der Waals surface area contributed by atoms with E-state index in [4.69, 9.17) is 16.3 Å². The first-order valence-electron chi connectivity index (χ1n) is 8.47. The Balaban J connectivity index is 1.71. The smallest absolute Gasteiger partial charge is 0.276 e. The van der Waals surface area contributed by atoms with Crippen LogP contribution in [-0.4, -0.2) is 22.7 Å². The summed E-state index contributed by atoms with van der Waals surface area (Å²) >= 11 is 5.93. The zero-order valence-corrected chi connectivity index (χ0v) is 15.7. The van der Waals surface area contributed by atoms with E-state index < -0.39 is 0 Å². The van der Waals surface area contributed by atoms with Crippen LogP contribution >= 0.6 is 11.6 Å². The molecular formula is C20H19ClN4O2. The number of hydrogen-bond donors (Lipinski definition) is 2. The third kappa shape index (κ3) is 4.74. The maximum absolute atomic E-state index is 12.4. The van der Waals surface area contributed by atoms with Crippen LogP contribution in [0.2, 0.25) is 5.02 Å². The van der Waals surface area contributed by atoms with E-state index >= 15 is 0 Å². The van der Waals surface area contributed by atoms with Crippen molar-refractivity contribution in [1.29, 1.82) is 0 Å². The van der Waals surface area contributed by atoms with Gasteiger partial charge >= 0.3 is 0 Å². The number of aromatic nitrogens is 2. The molecule has 0 radical (unpaired) electrons. The van der Waals surface area contributed by atoms with Crippen molar-refractivity contribution in [3.05, 3.63) is 70.9 Å².